The van der Waals surface area contributed by atoms with Crippen molar-refractivity contribution in [3.8, 4) is 0 Å². The Bertz CT molecular complexity index is 363. The minimum Gasteiger partial charge on any atom is -0.329 e. The van der Waals surface area contributed by atoms with E-state index in [0.29, 0.717) is 12.4 Å². The van der Waals surface area contributed by atoms with E-state index in [0.717, 1.165) is 19.3 Å². The molecule has 1 aromatic rings. The molecule has 0 saturated heterocycles. The Hall–Kier alpha value is -1.30. The highest BCUT2D eigenvalue weighted by Crippen LogP contribution is 2.41. The molecule has 1 fully saturated rings. The number of aryl methyl sites for hydroxylation is 1. The lowest BCUT2D eigenvalue weighted by atomic mass is 9.65. The molecule has 0 unspecified atom stereocenters. The number of hydrogen-bond donors (Lipinski definition) is 1. The molecule has 82 valence electrons. The van der Waals surface area contributed by atoms with Gasteiger partial charge in [-0.05, 0) is 18.1 Å². The number of nitrogens with zero attached hydrogens (tertiary/aromatic N) is 4. The number of carbonyl (C=O) groups excluding carboxylic acids is 1. The maximum Gasteiger partial charge on any atom is 0.182 e. The van der Waals surface area contributed by atoms with Gasteiger partial charge in [-0.1, -0.05) is 6.42 Å². The summed E-state index contributed by atoms with van der Waals surface area (Å²) in [6.07, 6.45) is 3.16. The van der Waals surface area contributed by atoms with E-state index in [2.05, 4.69) is 15.4 Å². The quantitative estimate of drug-likeness (QED) is 0.719. The summed E-state index contributed by atoms with van der Waals surface area (Å²) < 4.78 is 0. The van der Waals surface area contributed by atoms with Crippen molar-refractivity contribution in [2.24, 2.45) is 18.2 Å². The number of rotatable bonds is 4. The van der Waals surface area contributed by atoms with Gasteiger partial charge in [-0.3, -0.25) is 4.79 Å². The first-order valence-corrected chi connectivity index (χ1v) is 5.12. The van der Waals surface area contributed by atoms with Gasteiger partial charge in [0.15, 0.2) is 5.82 Å². The Morgan fingerprint density at radius 2 is 2.33 bits per heavy atom. The Labute approximate surface area is 87.8 Å². The fourth-order valence-electron chi connectivity index (χ4n) is 1.93. The van der Waals surface area contributed by atoms with Crippen LogP contribution in [0, 0.1) is 5.41 Å². The fraction of sp³-hybridized carbons (Fsp3) is 0.778. The van der Waals surface area contributed by atoms with Gasteiger partial charge in [0.1, 0.15) is 5.78 Å². The molecule has 6 nitrogen and oxygen atoms in total. The molecule has 2 N–H and O–H groups in total. The third-order valence-corrected chi connectivity index (χ3v) is 3.16. The second-order valence-corrected chi connectivity index (χ2v) is 4.13. The molecular formula is C9H15N5O. The molecule has 1 aliphatic carbocycles. The van der Waals surface area contributed by atoms with Crippen molar-refractivity contribution in [2.75, 3.05) is 6.54 Å². The molecule has 1 saturated carbocycles. The van der Waals surface area contributed by atoms with Gasteiger partial charge >= 0.3 is 0 Å². The number of Topliss-reactive ketones (excluding diaryl/α,β-unsaturated/α-hetero) is 1. The van der Waals surface area contributed by atoms with Crippen LogP contribution in [0.1, 0.15) is 25.1 Å². The zero-order chi connectivity index (χ0) is 10.9. The Kier molecular flexibility index (Phi) is 2.52. The van der Waals surface area contributed by atoms with Crippen molar-refractivity contribution in [1.82, 2.24) is 20.2 Å². The lowest BCUT2D eigenvalue weighted by Gasteiger charge is -2.39. The first kappa shape index (κ1) is 10.2. The molecule has 0 bridgehead atoms. The summed E-state index contributed by atoms with van der Waals surface area (Å²) in [5, 5.41) is 11.5. The molecule has 2 rings (SSSR count). The highest BCUT2D eigenvalue weighted by atomic mass is 16.1. The van der Waals surface area contributed by atoms with Crippen LogP contribution in [-0.4, -0.2) is 32.5 Å². The molecule has 15 heavy (non-hydrogen) atoms. The minimum atomic E-state index is -0.292. The van der Waals surface area contributed by atoms with E-state index in [-0.39, 0.29) is 17.6 Å². The summed E-state index contributed by atoms with van der Waals surface area (Å²) in [5.74, 6) is 0.645. The number of aromatic nitrogens is 4. The Balaban J connectivity index is 2.03. The van der Waals surface area contributed by atoms with Crippen LogP contribution in [0.25, 0.3) is 0 Å². The predicted octanol–water partition coefficient (Wildman–Crippen LogP) is -0.549. The van der Waals surface area contributed by atoms with Gasteiger partial charge in [-0.15, -0.1) is 10.2 Å². The highest BCUT2D eigenvalue weighted by Gasteiger charge is 2.42. The van der Waals surface area contributed by atoms with E-state index in [9.17, 15) is 4.79 Å². The number of ketones is 1. The Morgan fingerprint density at radius 3 is 2.73 bits per heavy atom. The molecule has 1 aromatic heterocycles. The first-order chi connectivity index (χ1) is 7.16. The molecular weight excluding hydrogens is 194 g/mol. The Morgan fingerprint density at radius 1 is 1.60 bits per heavy atom. The number of nitrogens with two attached hydrogens (primary N) is 1. The zero-order valence-electron chi connectivity index (χ0n) is 8.81. The van der Waals surface area contributed by atoms with Crippen LogP contribution in [0.5, 0.6) is 0 Å². The average Bonchev–Trinajstić information content (AvgIpc) is 2.50. The normalized spacial score (nSPS) is 18.5. The van der Waals surface area contributed by atoms with Crippen LogP contribution in [0.3, 0.4) is 0 Å². The summed E-state index contributed by atoms with van der Waals surface area (Å²) in [7, 11) is 1.68. The summed E-state index contributed by atoms with van der Waals surface area (Å²) in [6.45, 7) is 0.437. The second kappa shape index (κ2) is 3.69. The average molecular weight is 209 g/mol. The van der Waals surface area contributed by atoms with E-state index in [4.69, 9.17) is 5.73 Å². The SMILES string of the molecule is Cn1nnc(CC(=O)C2(CN)CCC2)n1. The molecule has 6 heteroatoms. The molecule has 0 spiro atoms. The zero-order valence-corrected chi connectivity index (χ0v) is 8.81. The van der Waals surface area contributed by atoms with Gasteiger partial charge in [0.05, 0.1) is 13.5 Å². The minimum absolute atomic E-state index is 0.157. The molecule has 0 amide bonds. The summed E-state index contributed by atoms with van der Waals surface area (Å²) in [5.41, 5.74) is 5.35. The smallest absolute Gasteiger partial charge is 0.182 e. The monoisotopic (exact) mass is 209 g/mol. The number of tetrazole rings is 1. The highest BCUT2D eigenvalue weighted by molar-refractivity contribution is 5.87. The van der Waals surface area contributed by atoms with E-state index >= 15 is 0 Å². The van der Waals surface area contributed by atoms with Crippen LogP contribution in [0.4, 0.5) is 0 Å². The first-order valence-electron chi connectivity index (χ1n) is 5.12. The largest absolute Gasteiger partial charge is 0.329 e. The van der Waals surface area contributed by atoms with Crippen molar-refractivity contribution in [1.29, 1.82) is 0 Å². The predicted molar refractivity (Wildman–Crippen MR) is 52.8 cm³/mol. The summed E-state index contributed by atoms with van der Waals surface area (Å²) in [4.78, 5) is 13.3. The molecule has 1 heterocycles. The van der Waals surface area contributed by atoms with Gasteiger partial charge in [-0.2, -0.15) is 4.80 Å². The van der Waals surface area contributed by atoms with E-state index in [1.807, 2.05) is 0 Å². The van der Waals surface area contributed by atoms with Crippen LogP contribution in [-0.2, 0) is 18.3 Å². The number of hydrogen-bond acceptors (Lipinski definition) is 5. The van der Waals surface area contributed by atoms with Gasteiger partial charge < -0.3 is 5.73 Å². The van der Waals surface area contributed by atoms with Gasteiger partial charge in [0.25, 0.3) is 0 Å². The molecule has 0 radical (unpaired) electrons. The van der Waals surface area contributed by atoms with E-state index in [1.165, 1.54) is 4.80 Å². The van der Waals surface area contributed by atoms with E-state index in [1.54, 1.807) is 7.05 Å². The lowest BCUT2D eigenvalue weighted by Crippen LogP contribution is -2.45. The fourth-order valence-corrected chi connectivity index (χ4v) is 1.93. The van der Waals surface area contributed by atoms with Crippen molar-refractivity contribution < 1.29 is 4.79 Å². The number of carbonyl (C=O) groups is 1. The molecule has 0 aliphatic heterocycles. The second-order valence-electron chi connectivity index (χ2n) is 4.13. The standard InChI is InChI=1S/C9H15N5O/c1-14-12-8(11-13-14)5-7(15)9(6-10)3-2-4-9/h2-6,10H2,1H3. The summed E-state index contributed by atoms with van der Waals surface area (Å²) >= 11 is 0. The molecule has 1 aliphatic rings. The van der Waals surface area contributed by atoms with Crippen LogP contribution >= 0.6 is 0 Å². The topological polar surface area (TPSA) is 86.7 Å². The maximum atomic E-state index is 12.0. The van der Waals surface area contributed by atoms with Crippen LogP contribution in [0.2, 0.25) is 0 Å². The van der Waals surface area contributed by atoms with Crippen LogP contribution in [0.15, 0.2) is 0 Å². The third-order valence-electron chi connectivity index (χ3n) is 3.16. The molecule has 0 aromatic carbocycles. The van der Waals surface area contributed by atoms with E-state index < -0.39 is 0 Å². The summed E-state index contributed by atoms with van der Waals surface area (Å²) in [6, 6.07) is 0. The van der Waals surface area contributed by atoms with Crippen molar-refractivity contribution in [3.05, 3.63) is 5.82 Å². The van der Waals surface area contributed by atoms with Crippen molar-refractivity contribution >= 4 is 5.78 Å². The third kappa shape index (κ3) is 1.77. The maximum absolute atomic E-state index is 12.0. The molecule has 0 atom stereocenters. The van der Waals surface area contributed by atoms with Gasteiger partial charge in [-0.25, -0.2) is 0 Å². The lowest BCUT2D eigenvalue weighted by molar-refractivity contribution is -0.132. The van der Waals surface area contributed by atoms with Gasteiger partial charge in [0.2, 0.25) is 0 Å². The van der Waals surface area contributed by atoms with Gasteiger partial charge in [0, 0.05) is 12.0 Å². The van der Waals surface area contributed by atoms with Crippen molar-refractivity contribution in [2.45, 2.75) is 25.7 Å². The van der Waals surface area contributed by atoms with Crippen molar-refractivity contribution in [3.63, 3.8) is 0 Å². The van der Waals surface area contributed by atoms with Crippen LogP contribution < -0.4 is 5.73 Å².